The van der Waals surface area contributed by atoms with E-state index in [1.165, 1.54) is 12.5 Å². The van der Waals surface area contributed by atoms with Gasteiger partial charge >= 0.3 is 5.97 Å². The third-order valence-corrected chi connectivity index (χ3v) is 3.49. The van der Waals surface area contributed by atoms with Crippen molar-refractivity contribution >= 4 is 5.97 Å². The van der Waals surface area contributed by atoms with Crippen LogP contribution >= 0.6 is 0 Å². The lowest BCUT2D eigenvalue weighted by molar-refractivity contribution is 0.0524. The lowest BCUT2D eigenvalue weighted by atomic mass is 9.71. The monoisotopic (exact) mass is 264 g/mol. The molecule has 5 heteroatoms. The van der Waals surface area contributed by atoms with Crippen molar-refractivity contribution in [2.45, 2.75) is 46.1 Å². The lowest BCUT2D eigenvalue weighted by Crippen LogP contribution is -2.34. The average molecular weight is 264 g/mol. The summed E-state index contributed by atoms with van der Waals surface area (Å²) in [5.74, 6) is -0.0497. The van der Waals surface area contributed by atoms with Gasteiger partial charge in [0.15, 0.2) is 5.69 Å². The summed E-state index contributed by atoms with van der Waals surface area (Å²) < 4.78 is 5.83. The Hall–Kier alpha value is -1.65. The Morgan fingerprint density at radius 2 is 2.11 bits per heavy atom. The Kier molecular flexibility index (Phi) is 3.73. The molecule has 0 spiro atoms. The molecule has 0 aliphatic heterocycles. The molecule has 1 aliphatic carbocycles. The normalized spacial score (nSPS) is 25.8. The van der Waals surface area contributed by atoms with Crippen LogP contribution in [0.25, 0.3) is 0 Å². The Morgan fingerprint density at radius 1 is 1.37 bits per heavy atom. The second-order valence-corrected chi connectivity index (χ2v) is 6.22. The molecule has 2 atom stereocenters. The molecule has 0 radical (unpaired) electrons. The van der Waals surface area contributed by atoms with Crippen molar-refractivity contribution in [1.82, 2.24) is 10.2 Å². The molecule has 1 N–H and O–H groups in total. The van der Waals surface area contributed by atoms with E-state index in [-0.39, 0.29) is 17.2 Å². The summed E-state index contributed by atoms with van der Waals surface area (Å²) in [6.45, 7) is 6.73. The molecule has 0 saturated heterocycles. The largest absolute Gasteiger partial charge is 0.476 e. The number of aromatic nitrogens is 2. The standard InChI is InChI=1S/C14H20N2O3/c1-9-6-10(8-14(2,3)7-9)19-12-5-4-11(13(17)18)15-16-12/h4-5,9-10H,6-8H2,1-3H3,(H,17,18). The molecule has 2 unspecified atom stereocenters. The molecule has 5 nitrogen and oxygen atoms in total. The van der Waals surface area contributed by atoms with E-state index in [9.17, 15) is 4.79 Å². The third kappa shape index (κ3) is 3.66. The maximum absolute atomic E-state index is 10.7. The van der Waals surface area contributed by atoms with E-state index in [1.54, 1.807) is 6.07 Å². The van der Waals surface area contributed by atoms with Gasteiger partial charge in [-0.1, -0.05) is 20.8 Å². The highest BCUT2D eigenvalue weighted by atomic mass is 16.5. The molecule has 1 aromatic heterocycles. The molecule has 1 fully saturated rings. The van der Waals surface area contributed by atoms with Gasteiger partial charge in [0, 0.05) is 6.07 Å². The topological polar surface area (TPSA) is 72.3 Å². The summed E-state index contributed by atoms with van der Waals surface area (Å²) in [4.78, 5) is 10.7. The van der Waals surface area contributed by atoms with Gasteiger partial charge in [0.2, 0.25) is 5.88 Å². The molecule has 0 amide bonds. The van der Waals surface area contributed by atoms with Gasteiger partial charge in [-0.2, -0.15) is 0 Å². The Labute approximate surface area is 113 Å². The predicted octanol–water partition coefficient (Wildman–Crippen LogP) is 2.77. The van der Waals surface area contributed by atoms with E-state index in [1.807, 2.05) is 0 Å². The highest BCUT2D eigenvalue weighted by Gasteiger charge is 2.33. The van der Waals surface area contributed by atoms with Crippen LogP contribution in [0, 0.1) is 11.3 Å². The first-order valence-electron chi connectivity index (χ1n) is 6.59. The highest BCUT2D eigenvalue weighted by molar-refractivity contribution is 5.84. The van der Waals surface area contributed by atoms with Gasteiger partial charge in [-0.25, -0.2) is 4.79 Å². The van der Waals surface area contributed by atoms with Crippen LogP contribution in [0.4, 0.5) is 0 Å². The van der Waals surface area contributed by atoms with Crippen molar-refractivity contribution in [2.75, 3.05) is 0 Å². The van der Waals surface area contributed by atoms with Gasteiger partial charge in [0.1, 0.15) is 6.10 Å². The number of aromatic carboxylic acids is 1. The SMILES string of the molecule is CC1CC(Oc2ccc(C(=O)O)nn2)CC(C)(C)C1. The molecule has 0 bridgehead atoms. The van der Waals surface area contributed by atoms with E-state index < -0.39 is 5.97 Å². The van der Waals surface area contributed by atoms with E-state index in [0.29, 0.717) is 11.8 Å². The number of hydrogen-bond acceptors (Lipinski definition) is 4. The molecule has 0 aromatic carbocycles. The summed E-state index contributed by atoms with van der Waals surface area (Å²) in [6, 6.07) is 2.99. The molecule has 1 aliphatic rings. The molecule has 1 saturated carbocycles. The van der Waals surface area contributed by atoms with Crippen LogP contribution in [0.5, 0.6) is 5.88 Å². The number of rotatable bonds is 3. The van der Waals surface area contributed by atoms with E-state index >= 15 is 0 Å². The first kappa shape index (κ1) is 13.8. The number of carboxylic acid groups (broad SMARTS) is 1. The Balaban J connectivity index is 2.02. The Bertz CT molecular complexity index is 456. The summed E-state index contributed by atoms with van der Waals surface area (Å²) in [6.07, 6.45) is 3.32. The predicted molar refractivity (Wildman–Crippen MR) is 70.2 cm³/mol. The molecule has 1 heterocycles. The molecule has 1 aromatic rings. The minimum atomic E-state index is -1.08. The fourth-order valence-corrected chi connectivity index (χ4v) is 3.02. The zero-order valence-electron chi connectivity index (χ0n) is 11.6. The molecular weight excluding hydrogens is 244 g/mol. The van der Waals surface area contributed by atoms with Crippen molar-refractivity contribution < 1.29 is 14.6 Å². The summed E-state index contributed by atoms with van der Waals surface area (Å²) in [5.41, 5.74) is 0.209. The fraction of sp³-hybridized carbons (Fsp3) is 0.643. The van der Waals surface area contributed by atoms with Crippen molar-refractivity contribution in [2.24, 2.45) is 11.3 Å². The van der Waals surface area contributed by atoms with Crippen molar-refractivity contribution in [3.05, 3.63) is 17.8 Å². The maximum atomic E-state index is 10.7. The second kappa shape index (κ2) is 5.15. The lowest BCUT2D eigenvalue weighted by Gasteiger charge is -2.38. The Morgan fingerprint density at radius 3 is 2.63 bits per heavy atom. The minimum Gasteiger partial charge on any atom is -0.476 e. The van der Waals surface area contributed by atoms with Crippen molar-refractivity contribution in [1.29, 1.82) is 0 Å². The number of nitrogens with zero attached hydrogens (tertiary/aromatic N) is 2. The highest BCUT2D eigenvalue weighted by Crippen LogP contribution is 2.39. The van der Waals surface area contributed by atoms with Gasteiger partial charge in [-0.15, -0.1) is 10.2 Å². The van der Waals surface area contributed by atoms with Crippen LogP contribution in [0.2, 0.25) is 0 Å². The van der Waals surface area contributed by atoms with Crippen LogP contribution in [-0.2, 0) is 0 Å². The van der Waals surface area contributed by atoms with Crippen LogP contribution in [0.1, 0.15) is 50.5 Å². The van der Waals surface area contributed by atoms with Gasteiger partial charge < -0.3 is 9.84 Å². The average Bonchev–Trinajstić information content (AvgIpc) is 2.26. The second-order valence-electron chi connectivity index (χ2n) is 6.22. The van der Waals surface area contributed by atoms with Crippen LogP contribution < -0.4 is 4.74 Å². The number of carbonyl (C=O) groups is 1. The first-order valence-corrected chi connectivity index (χ1v) is 6.59. The molecule has 19 heavy (non-hydrogen) atoms. The zero-order chi connectivity index (χ0) is 14.0. The number of ether oxygens (including phenoxy) is 1. The van der Waals surface area contributed by atoms with Gasteiger partial charge in [0.05, 0.1) is 0 Å². The number of carboxylic acids is 1. The van der Waals surface area contributed by atoms with Crippen LogP contribution in [-0.4, -0.2) is 27.4 Å². The van der Waals surface area contributed by atoms with Crippen molar-refractivity contribution in [3.63, 3.8) is 0 Å². The summed E-state index contributed by atoms with van der Waals surface area (Å²) in [7, 11) is 0. The molecule has 2 rings (SSSR count). The van der Waals surface area contributed by atoms with E-state index in [4.69, 9.17) is 9.84 Å². The van der Waals surface area contributed by atoms with Gasteiger partial charge in [-0.3, -0.25) is 0 Å². The summed E-state index contributed by atoms with van der Waals surface area (Å²) >= 11 is 0. The quantitative estimate of drug-likeness (QED) is 0.908. The minimum absolute atomic E-state index is 0.0651. The number of hydrogen-bond donors (Lipinski definition) is 1. The first-order chi connectivity index (χ1) is 8.85. The molecule has 104 valence electrons. The smallest absolute Gasteiger partial charge is 0.356 e. The fourth-order valence-electron chi connectivity index (χ4n) is 3.02. The third-order valence-electron chi connectivity index (χ3n) is 3.49. The van der Waals surface area contributed by atoms with E-state index in [0.717, 1.165) is 12.8 Å². The molecular formula is C14H20N2O3. The maximum Gasteiger partial charge on any atom is 0.356 e. The summed E-state index contributed by atoms with van der Waals surface area (Å²) in [5, 5.41) is 16.2. The van der Waals surface area contributed by atoms with E-state index in [2.05, 4.69) is 31.0 Å². The van der Waals surface area contributed by atoms with Crippen LogP contribution in [0.15, 0.2) is 12.1 Å². The van der Waals surface area contributed by atoms with Crippen LogP contribution in [0.3, 0.4) is 0 Å². The van der Waals surface area contributed by atoms with Crippen molar-refractivity contribution in [3.8, 4) is 5.88 Å². The van der Waals surface area contributed by atoms with Gasteiger partial charge in [0.25, 0.3) is 0 Å². The van der Waals surface area contributed by atoms with Gasteiger partial charge in [-0.05, 0) is 36.7 Å². The zero-order valence-corrected chi connectivity index (χ0v) is 11.6.